The van der Waals surface area contributed by atoms with Gasteiger partial charge in [0.2, 0.25) is 0 Å². The molecule has 0 aliphatic heterocycles. The summed E-state index contributed by atoms with van der Waals surface area (Å²) < 4.78 is 13.0. The Morgan fingerprint density at radius 1 is 1.37 bits per heavy atom. The average Bonchev–Trinajstić information content (AvgIpc) is 2.38. The maximum atomic E-state index is 13.0. The zero-order valence-electron chi connectivity index (χ0n) is 10.8. The van der Waals surface area contributed by atoms with Crippen LogP contribution in [0.1, 0.15) is 23.1 Å². The molecule has 1 atom stereocenters. The van der Waals surface area contributed by atoms with Gasteiger partial charge in [0.25, 0.3) is 0 Å². The van der Waals surface area contributed by atoms with Crippen LogP contribution in [0.5, 0.6) is 0 Å². The minimum Gasteiger partial charge on any atom is -0.311 e. The van der Waals surface area contributed by atoms with E-state index in [4.69, 9.17) is 11.6 Å². The highest BCUT2D eigenvalue weighted by Crippen LogP contribution is 2.23. The number of benzene rings is 1. The van der Waals surface area contributed by atoms with E-state index in [-0.39, 0.29) is 11.9 Å². The SMILES string of the molecule is CNC(Cc1ccc(F)cc1Cl)c1ccnc(C)n1. The first kappa shape index (κ1) is 13.9. The van der Waals surface area contributed by atoms with Gasteiger partial charge in [-0.1, -0.05) is 17.7 Å². The van der Waals surface area contributed by atoms with Crippen LogP contribution in [0.15, 0.2) is 30.5 Å². The zero-order chi connectivity index (χ0) is 13.8. The number of rotatable bonds is 4. The molecule has 1 unspecified atom stereocenters. The molecule has 100 valence electrons. The Morgan fingerprint density at radius 2 is 2.16 bits per heavy atom. The maximum absolute atomic E-state index is 13.0. The Morgan fingerprint density at radius 3 is 2.79 bits per heavy atom. The summed E-state index contributed by atoms with van der Waals surface area (Å²) in [5.74, 6) is 0.399. The highest BCUT2D eigenvalue weighted by Gasteiger charge is 2.14. The topological polar surface area (TPSA) is 37.8 Å². The van der Waals surface area contributed by atoms with Gasteiger partial charge in [-0.25, -0.2) is 14.4 Å². The van der Waals surface area contributed by atoms with E-state index in [1.165, 1.54) is 12.1 Å². The summed E-state index contributed by atoms with van der Waals surface area (Å²) >= 11 is 6.05. The summed E-state index contributed by atoms with van der Waals surface area (Å²) in [6, 6.07) is 6.33. The first-order valence-electron chi connectivity index (χ1n) is 6.01. The largest absolute Gasteiger partial charge is 0.311 e. The number of nitrogens with one attached hydrogen (secondary N) is 1. The number of hydrogen-bond acceptors (Lipinski definition) is 3. The summed E-state index contributed by atoms with van der Waals surface area (Å²) in [6.07, 6.45) is 2.38. The fourth-order valence-corrected chi connectivity index (χ4v) is 2.17. The Kier molecular flexibility index (Phi) is 4.45. The van der Waals surface area contributed by atoms with Gasteiger partial charge in [0.15, 0.2) is 0 Å². The van der Waals surface area contributed by atoms with Crippen molar-refractivity contribution in [2.45, 2.75) is 19.4 Å². The lowest BCUT2D eigenvalue weighted by Crippen LogP contribution is -2.20. The van der Waals surface area contributed by atoms with E-state index in [9.17, 15) is 4.39 Å². The number of aryl methyl sites for hydroxylation is 1. The molecular formula is C14H15ClFN3. The van der Waals surface area contributed by atoms with E-state index in [1.54, 1.807) is 12.3 Å². The molecule has 1 heterocycles. The van der Waals surface area contributed by atoms with Crippen molar-refractivity contribution in [3.63, 3.8) is 0 Å². The molecule has 0 aliphatic rings. The van der Waals surface area contributed by atoms with Gasteiger partial charge in [-0.2, -0.15) is 0 Å². The normalized spacial score (nSPS) is 12.4. The summed E-state index contributed by atoms with van der Waals surface area (Å²) in [5.41, 5.74) is 1.79. The molecule has 0 fully saturated rings. The first-order valence-corrected chi connectivity index (χ1v) is 6.38. The second kappa shape index (κ2) is 6.08. The second-order valence-electron chi connectivity index (χ2n) is 4.31. The maximum Gasteiger partial charge on any atom is 0.125 e. The van der Waals surface area contributed by atoms with Crippen molar-refractivity contribution in [2.24, 2.45) is 0 Å². The van der Waals surface area contributed by atoms with Crippen molar-refractivity contribution < 1.29 is 4.39 Å². The molecule has 0 saturated carbocycles. The van der Waals surface area contributed by atoms with Crippen LogP contribution < -0.4 is 5.32 Å². The lowest BCUT2D eigenvalue weighted by Gasteiger charge is -2.16. The number of aromatic nitrogens is 2. The van der Waals surface area contributed by atoms with Gasteiger partial charge in [0.05, 0.1) is 11.7 Å². The Bertz CT molecular complexity index is 574. The number of likely N-dealkylation sites (N-methyl/N-ethyl adjacent to an activating group) is 1. The van der Waals surface area contributed by atoms with Crippen molar-refractivity contribution >= 4 is 11.6 Å². The third-order valence-electron chi connectivity index (χ3n) is 2.94. The Balaban J connectivity index is 2.24. The van der Waals surface area contributed by atoms with E-state index in [2.05, 4.69) is 15.3 Å². The molecule has 0 aliphatic carbocycles. The second-order valence-corrected chi connectivity index (χ2v) is 4.72. The summed E-state index contributed by atoms with van der Waals surface area (Å²) in [6.45, 7) is 1.85. The zero-order valence-corrected chi connectivity index (χ0v) is 11.6. The molecule has 5 heteroatoms. The van der Waals surface area contributed by atoms with E-state index in [0.29, 0.717) is 11.4 Å². The van der Waals surface area contributed by atoms with Gasteiger partial charge in [-0.05, 0) is 44.2 Å². The number of hydrogen-bond donors (Lipinski definition) is 1. The van der Waals surface area contributed by atoms with Crippen LogP contribution in [0.4, 0.5) is 4.39 Å². The summed E-state index contributed by atoms with van der Waals surface area (Å²) in [7, 11) is 1.86. The highest BCUT2D eigenvalue weighted by atomic mass is 35.5. The molecule has 2 rings (SSSR count). The predicted molar refractivity (Wildman–Crippen MR) is 73.7 cm³/mol. The standard InChI is InChI=1S/C14H15ClFN3/c1-9-18-6-5-13(19-9)14(17-2)7-10-3-4-11(16)8-12(10)15/h3-6,8,14,17H,7H2,1-2H3. The lowest BCUT2D eigenvalue weighted by molar-refractivity contribution is 0.570. The molecule has 1 aromatic heterocycles. The number of halogens is 2. The smallest absolute Gasteiger partial charge is 0.125 e. The molecule has 1 N–H and O–H groups in total. The van der Waals surface area contributed by atoms with Crippen LogP contribution in [0.3, 0.4) is 0 Å². The average molecular weight is 280 g/mol. The van der Waals surface area contributed by atoms with Gasteiger partial charge < -0.3 is 5.32 Å². The molecule has 1 aromatic carbocycles. The predicted octanol–water partition coefficient (Wildman–Crippen LogP) is 3.08. The number of nitrogens with zero attached hydrogens (tertiary/aromatic N) is 2. The van der Waals surface area contributed by atoms with Crippen molar-refractivity contribution in [1.29, 1.82) is 0 Å². The van der Waals surface area contributed by atoms with Gasteiger partial charge in [-0.15, -0.1) is 0 Å². The van der Waals surface area contributed by atoms with E-state index in [1.807, 2.05) is 20.0 Å². The van der Waals surface area contributed by atoms with Gasteiger partial charge in [-0.3, -0.25) is 0 Å². The molecule has 0 amide bonds. The molecule has 0 radical (unpaired) electrons. The van der Waals surface area contributed by atoms with Crippen LogP contribution in [0.2, 0.25) is 5.02 Å². The van der Waals surface area contributed by atoms with E-state index >= 15 is 0 Å². The van der Waals surface area contributed by atoms with Crippen LogP contribution in [0, 0.1) is 12.7 Å². The fourth-order valence-electron chi connectivity index (χ4n) is 1.93. The molecule has 0 saturated heterocycles. The lowest BCUT2D eigenvalue weighted by atomic mass is 10.0. The van der Waals surface area contributed by atoms with Crippen molar-refractivity contribution in [2.75, 3.05) is 7.05 Å². The van der Waals surface area contributed by atoms with Crippen LogP contribution >= 0.6 is 11.6 Å². The van der Waals surface area contributed by atoms with Crippen LogP contribution in [0.25, 0.3) is 0 Å². The summed E-state index contributed by atoms with van der Waals surface area (Å²) in [5, 5.41) is 3.63. The first-order chi connectivity index (χ1) is 9.10. The minimum atomic E-state index is -0.326. The van der Waals surface area contributed by atoms with Crippen molar-refractivity contribution in [3.8, 4) is 0 Å². The molecule has 0 bridgehead atoms. The van der Waals surface area contributed by atoms with Crippen LogP contribution in [-0.2, 0) is 6.42 Å². The van der Waals surface area contributed by atoms with E-state index in [0.717, 1.165) is 17.1 Å². The van der Waals surface area contributed by atoms with Gasteiger partial charge in [0, 0.05) is 11.2 Å². The van der Waals surface area contributed by atoms with E-state index < -0.39 is 0 Å². The third-order valence-corrected chi connectivity index (χ3v) is 3.29. The minimum absolute atomic E-state index is 0.0182. The van der Waals surface area contributed by atoms with Crippen molar-refractivity contribution in [1.82, 2.24) is 15.3 Å². The Labute approximate surface area is 116 Å². The fraction of sp³-hybridized carbons (Fsp3) is 0.286. The van der Waals surface area contributed by atoms with Gasteiger partial charge in [0.1, 0.15) is 11.6 Å². The molecule has 3 nitrogen and oxygen atoms in total. The quantitative estimate of drug-likeness (QED) is 0.935. The molecule has 2 aromatic rings. The monoisotopic (exact) mass is 279 g/mol. The molecule has 0 spiro atoms. The molecular weight excluding hydrogens is 265 g/mol. The highest BCUT2D eigenvalue weighted by molar-refractivity contribution is 6.31. The molecule has 19 heavy (non-hydrogen) atoms. The van der Waals surface area contributed by atoms with Gasteiger partial charge >= 0.3 is 0 Å². The Hall–Kier alpha value is -1.52. The van der Waals surface area contributed by atoms with Crippen molar-refractivity contribution in [3.05, 3.63) is 58.4 Å². The van der Waals surface area contributed by atoms with Crippen LogP contribution in [-0.4, -0.2) is 17.0 Å². The summed E-state index contributed by atoms with van der Waals surface area (Å²) in [4.78, 5) is 8.48. The third kappa shape index (κ3) is 3.49.